The Morgan fingerprint density at radius 2 is 1.66 bits per heavy atom. The van der Waals surface area contributed by atoms with Gasteiger partial charge in [-0.1, -0.05) is 62.9 Å². The highest BCUT2D eigenvalue weighted by molar-refractivity contribution is 7.99. The summed E-state index contributed by atoms with van der Waals surface area (Å²) in [4.78, 5) is 28.1. The minimum absolute atomic E-state index is 0.192. The van der Waals surface area contributed by atoms with E-state index in [0.29, 0.717) is 34.0 Å². The Balaban J connectivity index is 1.94. The Labute approximate surface area is 209 Å². The van der Waals surface area contributed by atoms with Crippen LogP contribution in [0.15, 0.2) is 79.0 Å². The van der Waals surface area contributed by atoms with Gasteiger partial charge in [-0.25, -0.2) is 4.79 Å². The quantitative estimate of drug-likeness (QED) is 0.368. The molecule has 0 fully saturated rings. The molecule has 2 heterocycles. The van der Waals surface area contributed by atoms with Crippen molar-refractivity contribution in [1.29, 1.82) is 0 Å². The van der Waals surface area contributed by atoms with Gasteiger partial charge < -0.3 is 0 Å². The van der Waals surface area contributed by atoms with Crippen LogP contribution in [0.5, 0.6) is 0 Å². The largest absolute Gasteiger partial charge is 0.332 e. The van der Waals surface area contributed by atoms with Crippen LogP contribution in [-0.2, 0) is 29.7 Å². The monoisotopic (exact) mass is 510 g/mol. The average Bonchev–Trinajstić information content (AvgIpc) is 3.13. The molecule has 1 unspecified atom stereocenters. The molecule has 2 aromatic heterocycles. The molecule has 0 radical (unpaired) electrons. The van der Waals surface area contributed by atoms with Crippen LogP contribution in [0.1, 0.15) is 26.3 Å². The number of fused-ring (bicyclic) bond motifs is 1. The third kappa shape index (κ3) is 5.31. The number of rotatable bonds is 6. The van der Waals surface area contributed by atoms with Crippen LogP contribution in [-0.4, -0.2) is 35.2 Å². The maximum Gasteiger partial charge on any atom is 0.332 e. The van der Waals surface area contributed by atoms with Crippen molar-refractivity contribution in [3.8, 4) is 0 Å². The average molecular weight is 511 g/mol. The summed E-state index contributed by atoms with van der Waals surface area (Å²) in [6.45, 7) is 6.94. The normalized spacial score (nSPS) is 13.7. The van der Waals surface area contributed by atoms with Crippen LogP contribution in [0.3, 0.4) is 0 Å². The number of benzene rings is 2. The highest BCUT2D eigenvalue weighted by Crippen LogP contribution is 2.33. The molecule has 0 amide bonds. The Kier molecular flexibility index (Phi) is 6.59. The van der Waals surface area contributed by atoms with Crippen LogP contribution in [0.25, 0.3) is 11.0 Å². The Morgan fingerprint density at radius 1 is 1.03 bits per heavy atom. The minimum Gasteiger partial charge on any atom is -0.275 e. The van der Waals surface area contributed by atoms with E-state index in [2.05, 4.69) is 5.87 Å². The van der Waals surface area contributed by atoms with Crippen molar-refractivity contribution in [2.24, 2.45) is 12.5 Å². The van der Waals surface area contributed by atoms with Gasteiger partial charge in [-0.15, -0.1) is 0 Å². The molecule has 2 aromatic carbocycles. The van der Waals surface area contributed by atoms with Crippen molar-refractivity contribution >= 4 is 38.2 Å². The Hall–Kier alpha value is -3.04. The third-order valence-electron chi connectivity index (χ3n) is 5.52. The summed E-state index contributed by atoms with van der Waals surface area (Å²) in [7, 11) is -0.797. The lowest BCUT2D eigenvalue weighted by atomic mass is 9.97. The standard InChI is InChI=1S/C26H30N4O3S2/c1-26(2,3)17-29-22-21(23(31)28(4)25(29)32)24(34-19-10-8-7-9-11-19)30(27-22)16-18-12-14-20(15-13-18)35(5,6)33/h7-15H,5,16-17H2,1-4,6H3. The molecule has 7 nitrogen and oxygen atoms in total. The van der Waals surface area contributed by atoms with E-state index >= 15 is 0 Å². The fraction of sp³-hybridized carbons (Fsp3) is 0.308. The minimum atomic E-state index is -2.31. The van der Waals surface area contributed by atoms with E-state index in [1.165, 1.54) is 18.8 Å². The molecule has 0 spiro atoms. The molecule has 0 aliphatic rings. The second-order valence-corrected chi connectivity index (χ2v) is 13.6. The van der Waals surface area contributed by atoms with Crippen LogP contribution in [0, 0.1) is 5.41 Å². The number of hydrogen-bond donors (Lipinski definition) is 0. The SMILES string of the molecule is C=S(C)(=O)c1ccc(Cn2nc3c(c2Sc2ccccc2)c(=O)n(C)c(=O)n3CC(C)(C)C)cc1. The topological polar surface area (TPSA) is 78.9 Å². The van der Waals surface area contributed by atoms with Crippen LogP contribution >= 0.6 is 11.8 Å². The number of nitrogens with zero attached hydrogens (tertiary/aromatic N) is 4. The predicted octanol–water partition coefficient (Wildman–Crippen LogP) is 3.85. The van der Waals surface area contributed by atoms with Gasteiger partial charge in [-0.2, -0.15) is 5.10 Å². The second kappa shape index (κ2) is 9.20. The predicted molar refractivity (Wildman–Crippen MR) is 144 cm³/mol. The summed E-state index contributed by atoms with van der Waals surface area (Å²) in [6, 6.07) is 17.2. The molecule has 0 N–H and O–H groups in total. The van der Waals surface area contributed by atoms with Gasteiger partial charge in [0.1, 0.15) is 10.4 Å². The van der Waals surface area contributed by atoms with Gasteiger partial charge in [0.15, 0.2) is 5.65 Å². The first-order valence-electron chi connectivity index (χ1n) is 11.2. The summed E-state index contributed by atoms with van der Waals surface area (Å²) in [5.74, 6) is 3.75. The maximum absolute atomic E-state index is 13.3. The van der Waals surface area contributed by atoms with E-state index in [4.69, 9.17) is 5.10 Å². The van der Waals surface area contributed by atoms with Crippen molar-refractivity contribution < 1.29 is 4.21 Å². The first kappa shape index (κ1) is 25.1. The molecule has 1 atom stereocenters. The van der Waals surface area contributed by atoms with E-state index in [1.54, 1.807) is 15.5 Å². The summed E-state index contributed by atoms with van der Waals surface area (Å²) < 4.78 is 16.8. The lowest BCUT2D eigenvalue weighted by molar-refractivity contribution is 0.337. The van der Waals surface area contributed by atoms with Crippen molar-refractivity contribution in [3.05, 3.63) is 81.0 Å². The highest BCUT2D eigenvalue weighted by atomic mass is 32.2. The molecule has 0 saturated carbocycles. The van der Waals surface area contributed by atoms with E-state index < -0.39 is 9.52 Å². The van der Waals surface area contributed by atoms with E-state index in [9.17, 15) is 13.8 Å². The fourth-order valence-corrected chi connectivity index (χ4v) is 5.54. The molecule has 0 aliphatic heterocycles. The molecule has 9 heteroatoms. The third-order valence-corrected chi connectivity index (χ3v) is 7.91. The molecule has 4 aromatic rings. The van der Waals surface area contributed by atoms with Crippen LogP contribution in [0.2, 0.25) is 0 Å². The fourth-order valence-electron chi connectivity index (χ4n) is 3.82. The van der Waals surface area contributed by atoms with Gasteiger partial charge >= 0.3 is 5.69 Å². The summed E-state index contributed by atoms with van der Waals surface area (Å²) >= 11 is 1.45. The van der Waals surface area contributed by atoms with E-state index in [1.807, 2.05) is 75.4 Å². The molecule has 4 rings (SSSR count). The molecule has 35 heavy (non-hydrogen) atoms. The van der Waals surface area contributed by atoms with Gasteiger partial charge in [0.25, 0.3) is 5.56 Å². The molecular weight excluding hydrogens is 480 g/mol. The first-order valence-corrected chi connectivity index (χ1v) is 14.1. The maximum atomic E-state index is 13.3. The zero-order valence-corrected chi connectivity index (χ0v) is 22.3. The van der Waals surface area contributed by atoms with Crippen LogP contribution in [0.4, 0.5) is 0 Å². The van der Waals surface area contributed by atoms with Gasteiger partial charge in [-0.3, -0.25) is 22.8 Å². The molecule has 0 bridgehead atoms. The van der Waals surface area contributed by atoms with Gasteiger partial charge in [0, 0.05) is 29.6 Å². The van der Waals surface area contributed by atoms with Crippen molar-refractivity contribution in [2.75, 3.05) is 6.26 Å². The molecule has 0 saturated heterocycles. The van der Waals surface area contributed by atoms with E-state index in [0.717, 1.165) is 15.0 Å². The summed E-state index contributed by atoms with van der Waals surface area (Å²) in [6.07, 6.45) is 1.61. The highest BCUT2D eigenvalue weighted by Gasteiger charge is 2.24. The Morgan fingerprint density at radius 3 is 2.23 bits per heavy atom. The molecule has 0 aliphatic carbocycles. The van der Waals surface area contributed by atoms with E-state index in [-0.39, 0.29) is 16.7 Å². The summed E-state index contributed by atoms with van der Waals surface area (Å²) in [5, 5.41) is 5.90. The second-order valence-electron chi connectivity index (χ2n) is 10.0. The molecular formula is C26H30N4O3S2. The zero-order valence-electron chi connectivity index (χ0n) is 20.6. The van der Waals surface area contributed by atoms with Gasteiger partial charge in [0.2, 0.25) is 0 Å². The van der Waals surface area contributed by atoms with Gasteiger partial charge in [-0.05, 0) is 50.6 Å². The lowest BCUT2D eigenvalue weighted by Crippen LogP contribution is -2.40. The summed E-state index contributed by atoms with van der Waals surface area (Å²) in [5.41, 5.74) is 0.384. The molecule has 184 valence electrons. The lowest BCUT2D eigenvalue weighted by Gasteiger charge is -2.20. The van der Waals surface area contributed by atoms with Crippen LogP contribution < -0.4 is 11.2 Å². The van der Waals surface area contributed by atoms with Crippen molar-refractivity contribution in [1.82, 2.24) is 18.9 Å². The van der Waals surface area contributed by atoms with Crippen molar-refractivity contribution in [3.63, 3.8) is 0 Å². The smallest absolute Gasteiger partial charge is 0.275 e. The first-order chi connectivity index (χ1) is 16.3. The number of hydrogen-bond acceptors (Lipinski definition) is 5. The van der Waals surface area contributed by atoms with Crippen molar-refractivity contribution in [2.45, 2.75) is 48.7 Å². The number of aromatic nitrogens is 4. The van der Waals surface area contributed by atoms with Gasteiger partial charge in [0.05, 0.1) is 6.54 Å². The zero-order chi connectivity index (χ0) is 25.5. The Bertz CT molecular complexity index is 1610.